The van der Waals surface area contributed by atoms with Crippen LogP contribution < -0.4 is 15.9 Å². The molecule has 188 valence electrons. The summed E-state index contributed by atoms with van der Waals surface area (Å²) in [5.74, 6) is -2.95. The summed E-state index contributed by atoms with van der Waals surface area (Å²) >= 11 is 0. The van der Waals surface area contributed by atoms with Gasteiger partial charge in [0.1, 0.15) is 0 Å². The maximum atomic E-state index is 10.3. The van der Waals surface area contributed by atoms with Crippen molar-refractivity contribution in [2.24, 2.45) is 0 Å². The maximum Gasteiger partial charge on any atom is 3.00 e. The standard InChI is InChI=1S/C12H8N2.C8H7NO4.Co.6H2O/c1-3-9-5-6-10-4-2-8-14-12(10)11(9)13-7-1;9-6-2-4(7(10)11)1-5(3-6)8(12)13;;;;;;;/h1-8H;1-3H,9H2,(H,10,11)(H,12,13);;6*1H2/q;;+3;;;;;;/p+1. The topological polar surface area (TPSA) is 326 Å². The number of carboxylic acids is 2. The number of carbonyl (C=O) groups is 2. The molecule has 0 saturated carbocycles. The number of nitrogen functional groups attached to an aromatic ring is 1. The Balaban J connectivity index is -0.000000137. The molecule has 2 aromatic heterocycles. The van der Waals surface area contributed by atoms with Crippen LogP contribution in [0.3, 0.4) is 0 Å². The normalized spacial score (nSPS) is 8.12. The van der Waals surface area contributed by atoms with E-state index in [0.717, 1.165) is 40.0 Å². The summed E-state index contributed by atoms with van der Waals surface area (Å²) in [7, 11) is 0. The maximum absolute atomic E-state index is 10.3. The van der Waals surface area contributed by atoms with Crippen LogP contribution in [-0.2, 0) is 33.2 Å². The number of nitrogens with two attached hydrogens (primary N) is 1. The van der Waals surface area contributed by atoms with Gasteiger partial charge in [0.05, 0.1) is 23.0 Å². The van der Waals surface area contributed by atoms with Crippen molar-refractivity contribution in [3.8, 4) is 0 Å². The van der Waals surface area contributed by atoms with Crippen molar-refractivity contribution in [3.05, 3.63) is 78.1 Å². The Morgan fingerprint density at radius 3 is 1.35 bits per heavy atom. The molecular weight excluding hydrogens is 501 g/mol. The molecule has 0 aliphatic rings. The molecule has 2 heterocycles. The number of hydrogen-bond donors (Lipinski definition) is 1. The molecular formula is C20H28CoN3O10+4. The van der Waals surface area contributed by atoms with E-state index in [1.807, 2.05) is 12.1 Å². The van der Waals surface area contributed by atoms with Crippen molar-refractivity contribution < 1.29 is 69.4 Å². The van der Waals surface area contributed by atoms with Gasteiger partial charge in [-0.25, -0.2) is 0 Å². The summed E-state index contributed by atoms with van der Waals surface area (Å²) < 4.78 is 0. The van der Waals surface area contributed by atoms with Crippen molar-refractivity contribution >= 4 is 39.4 Å². The van der Waals surface area contributed by atoms with Crippen LogP contribution >= 0.6 is 0 Å². The van der Waals surface area contributed by atoms with Crippen LogP contribution in [0.4, 0.5) is 5.69 Å². The van der Waals surface area contributed by atoms with E-state index < -0.39 is 11.9 Å². The number of aromatic nitrogens is 2. The van der Waals surface area contributed by atoms with Gasteiger partial charge >= 0.3 is 16.8 Å². The molecule has 0 amide bonds. The average molecular weight is 529 g/mol. The van der Waals surface area contributed by atoms with E-state index in [9.17, 15) is 19.8 Å². The van der Waals surface area contributed by atoms with Gasteiger partial charge in [-0.15, -0.1) is 0 Å². The fraction of sp³-hybridized carbons (Fsp3) is 0. The third-order valence-electron chi connectivity index (χ3n) is 3.77. The number of anilines is 1. The molecule has 0 bridgehead atoms. The summed E-state index contributed by atoms with van der Waals surface area (Å²) in [6.45, 7) is 0. The van der Waals surface area contributed by atoms with Crippen LogP contribution in [0.15, 0.2) is 67.0 Å². The minimum Gasteiger partial charge on any atom is -0.545 e. The molecule has 0 fully saturated rings. The summed E-state index contributed by atoms with van der Waals surface area (Å²) in [5.41, 5.74) is 6.69. The van der Waals surface area contributed by atoms with E-state index in [4.69, 9.17) is 5.73 Å². The number of pyridine rings is 2. The molecule has 0 aliphatic heterocycles. The molecule has 17 N–H and O–H groups in total. The molecule has 0 unspecified atom stereocenters. The first-order valence-electron chi connectivity index (χ1n) is 7.87. The second-order valence-corrected chi connectivity index (χ2v) is 5.63. The zero-order chi connectivity index (χ0) is 19.4. The third kappa shape index (κ3) is 9.41. The van der Waals surface area contributed by atoms with Gasteiger partial charge in [-0.3, -0.25) is 9.97 Å². The second-order valence-electron chi connectivity index (χ2n) is 5.63. The number of nitrogens with zero attached hydrogens (tertiary/aromatic N) is 2. The molecule has 13 nitrogen and oxygen atoms in total. The minimum atomic E-state index is -1.48. The van der Waals surface area contributed by atoms with E-state index in [1.165, 1.54) is 0 Å². The first-order chi connectivity index (χ1) is 13.0. The Morgan fingerprint density at radius 2 is 1.03 bits per heavy atom. The Kier molecular flexibility index (Phi) is 21.2. The predicted molar refractivity (Wildman–Crippen MR) is 122 cm³/mol. The Bertz CT molecular complexity index is 1090. The van der Waals surface area contributed by atoms with Crippen LogP contribution in [0.5, 0.6) is 0 Å². The van der Waals surface area contributed by atoms with E-state index in [2.05, 4.69) is 34.2 Å². The average Bonchev–Trinajstić information content (AvgIpc) is 2.68. The number of carbonyl (C=O) groups excluding carboxylic acids is 2. The van der Waals surface area contributed by atoms with Gasteiger partial charge in [-0.05, 0) is 41.5 Å². The Labute approximate surface area is 202 Å². The number of hydrogen-bond acceptors (Lipinski definition) is 7. The predicted octanol–water partition coefficient (Wildman–Crippen LogP) is -4.46. The fourth-order valence-corrected chi connectivity index (χ4v) is 2.57. The number of benzene rings is 2. The molecule has 14 heteroatoms. The third-order valence-corrected chi connectivity index (χ3v) is 3.77. The molecule has 4 aromatic rings. The summed E-state index contributed by atoms with van der Waals surface area (Å²) in [4.78, 5) is 29.4. The van der Waals surface area contributed by atoms with Gasteiger partial charge in [0.2, 0.25) is 0 Å². The molecule has 0 atom stereocenters. The smallest absolute Gasteiger partial charge is 0.545 e. The molecule has 0 radical (unpaired) electrons. The monoisotopic (exact) mass is 529 g/mol. The van der Waals surface area contributed by atoms with E-state index in [-0.39, 0.29) is 66.5 Å². The SMILES string of the molecule is Nc1cc(C(=O)[O-])cc(C(=O)[O-])c1.O.O.O.[Co+3].[OH3+].[OH3+].[OH3+].c1cnc2c(c1)ccc1cccnc12. The first kappa shape index (κ1) is 40.6. The van der Waals surface area contributed by atoms with Crippen LogP contribution in [-0.4, -0.2) is 38.3 Å². The Morgan fingerprint density at radius 1 is 0.676 bits per heavy atom. The van der Waals surface area contributed by atoms with Crippen LogP contribution in [0.2, 0.25) is 0 Å². The number of rotatable bonds is 2. The van der Waals surface area contributed by atoms with Crippen LogP contribution in [0.25, 0.3) is 21.8 Å². The molecule has 0 spiro atoms. The van der Waals surface area contributed by atoms with Gasteiger partial charge in [0, 0.05) is 28.9 Å². The molecule has 34 heavy (non-hydrogen) atoms. The largest absolute Gasteiger partial charge is 3.00 e. The van der Waals surface area contributed by atoms with Crippen molar-refractivity contribution in [2.75, 3.05) is 5.73 Å². The van der Waals surface area contributed by atoms with Gasteiger partial charge in [-0.1, -0.05) is 24.3 Å². The van der Waals surface area contributed by atoms with Crippen molar-refractivity contribution in [1.29, 1.82) is 0 Å². The second kappa shape index (κ2) is 17.8. The number of carboxylic acid groups (broad SMARTS) is 2. The minimum absolute atomic E-state index is 0. The van der Waals surface area contributed by atoms with Crippen molar-refractivity contribution in [2.45, 2.75) is 0 Å². The van der Waals surface area contributed by atoms with Crippen molar-refractivity contribution in [3.63, 3.8) is 0 Å². The number of aromatic carboxylic acids is 2. The zero-order valence-electron chi connectivity index (χ0n) is 17.5. The molecule has 4 rings (SSSR count). The first-order valence-corrected chi connectivity index (χ1v) is 7.87. The fourth-order valence-electron chi connectivity index (χ4n) is 2.57. The number of fused-ring (bicyclic) bond motifs is 3. The van der Waals surface area contributed by atoms with Gasteiger partial charge in [0.15, 0.2) is 0 Å². The van der Waals surface area contributed by atoms with Gasteiger partial charge < -0.3 is 58.4 Å². The summed E-state index contributed by atoms with van der Waals surface area (Å²) in [6.07, 6.45) is 3.60. The molecule has 0 saturated heterocycles. The van der Waals surface area contributed by atoms with E-state index in [1.54, 1.807) is 12.4 Å². The van der Waals surface area contributed by atoms with Crippen LogP contribution in [0.1, 0.15) is 20.7 Å². The molecule has 0 aliphatic carbocycles. The zero-order valence-corrected chi connectivity index (χ0v) is 18.6. The quantitative estimate of drug-likeness (QED) is 0.150. The summed E-state index contributed by atoms with van der Waals surface area (Å²) in [5, 5.41) is 23.0. The van der Waals surface area contributed by atoms with Crippen LogP contribution in [0, 0.1) is 0 Å². The van der Waals surface area contributed by atoms with E-state index >= 15 is 0 Å². The van der Waals surface area contributed by atoms with Gasteiger partial charge in [-0.2, -0.15) is 0 Å². The van der Waals surface area contributed by atoms with E-state index in [0.29, 0.717) is 0 Å². The van der Waals surface area contributed by atoms with Gasteiger partial charge in [0.25, 0.3) is 0 Å². The summed E-state index contributed by atoms with van der Waals surface area (Å²) in [6, 6.07) is 15.3. The Hall–Kier alpha value is -3.73. The van der Waals surface area contributed by atoms with Crippen molar-refractivity contribution in [1.82, 2.24) is 9.97 Å². The molecule has 2 aromatic carbocycles.